The molecule has 0 amide bonds. The number of hydrogen-bond acceptors (Lipinski definition) is 2. The van der Waals surface area contributed by atoms with Crippen LogP contribution in [0.4, 0.5) is 0 Å². The van der Waals surface area contributed by atoms with Crippen LogP contribution in [0, 0.1) is 0 Å². The zero-order chi connectivity index (χ0) is 13.1. The van der Waals surface area contributed by atoms with Crippen molar-refractivity contribution in [3.8, 4) is 10.4 Å². The van der Waals surface area contributed by atoms with Gasteiger partial charge in [-0.05, 0) is 41.8 Å². The molecule has 0 saturated heterocycles. The Labute approximate surface area is 116 Å². The standard InChI is InChI=1S/C17H14OS/c18-15-8-4-7-14(9-10-15)17-12-11-16(19-17)13-5-2-1-3-6-13/h1-6,8-12,18H,7H2. The highest BCUT2D eigenvalue weighted by Gasteiger charge is 2.07. The van der Waals surface area contributed by atoms with E-state index in [2.05, 4.69) is 36.4 Å². The number of hydrogen-bond donors (Lipinski definition) is 1. The molecule has 3 rings (SSSR count). The number of thiophene rings is 1. The Morgan fingerprint density at radius 3 is 2.53 bits per heavy atom. The fraction of sp³-hybridized carbons (Fsp3) is 0.0588. The summed E-state index contributed by atoms with van der Waals surface area (Å²) in [5.41, 5.74) is 2.49. The van der Waals surface area contributed by atoms with E-state index >= 15 is 0 Å². The topological polar surface area (TPSA) is 20.2 Å². The average Bonchev–Trinajstić information content (AvgIpc) is 2.84. The Bertz CT molecular complexity index is 660. The Hall–Kier alpha value is -2.06. The summed E-state index contributed by atoms with van der Waals surface area (Å²) in [7, 11) is 0. The van der Waals surface area contributed by atoms with Crippen molar-refractivity contribution in [2.45, 2.75) is 6.42 Å². The van der Waals surface area contributed by atoms with E-state index in [9.17, 15) is 5.11 Å². The molecule has 1 aromatic carbocycles. The molecule has 1 N–H and O–H groups in total. The van der Waals surface area contributed by atoms with Gasteiger partial charge in [-0.3, -0.25) is 0 Å². The summed E-state index contributed by atoms with van der Waals surface area (Å²) in [5.74, 6) is 0.315. The predicted octanol–water partition coefficient (Wildman–Crippen LogP) is 5.20. The van der Waals surface area contributed by atoms with Crippen LogP contribution < -0.4 is 0 Å². The first-order chi connectivity index (χ1) is 9.33. The van der Waals surface area contributed by atoms with Crippen molar-refractivity contribution in [1.82, 2.24) is 0 Å². The van der Waals surface area contributed by atoms with Gasteiger partial charge in [0.15, 0.2) is 0 Å². The van der Waals surface area contributed by atoms with E-state index in [-0.39, 0.29) is 0 Å². The van der Waals surface area contributed by atoms with Gasteiger partial charge in [0.05, 0.1) is 0 Å². The smallest absolute Gasteiger partial charge is 0.115 e. The third-order valence-electron chi connectivity index (χ3n) is 3.06. The third-order valence-corrected chi connectivity index (χ3v) is 4.27. The summed E-state index contributed by atoms with van der Waals surface area (Å²) in [6.07, 6.45) is 8.34. The molecule has 2 heteroatoms. The summed E-state index contributed by atoms with van der Waals surface area (Å²) in [6, 6.07) is 14.7. The number of rotatable bonds is 2. The number of benzene rings is 1. The van der Waals surface area contributed by atoms with Crippen molar-refractivity contribution in [2.75, 3.05) is 0 Å². The molecular formula is C17H14OS. The fourth-order valence-electron chi connectivity index (χ4n) is 2.07. The van der Waals surface area contributed by atoms with Crippen LogP contribution in [0.15, 0.2) is 72.5 Å². The zero-order valence-corrected chi connectivity index (χ0v) is 11.2. The maximum atomic E-state index is 9.47. The van der Waals surface area contributed by atoms with Crippen LogP contribution in [0.25, 0.3) is 16.0 Å². The Morgan fingerprint density at radius 2 is 1.68 bits per heavy atom. The van der Waals surface area contributed by atoms with Gasteiger partial charge in [0, 0.05) is 9.75 Å². The van der Waals surface area contributed by atoms with E-state index in [1.165, 1.54) is 20.9 Å². The van der Waals surface area contributed by atoms with Gasteiger partial charge in [-0.25, -0.2) is 0 Å². The van der Waals surface area contributed by atoms with Crippen molar-refractivity contribution >= 4 is 16.9 Å². The molecule has 1 aromatic heterocycles. The van der Waals surface area contributed by atoms with Crippen LogP contribution in [0.3, 0.4) is 0 Å². The lowest BCUT2D eigenvalue weighted by molar-refractivity contribution is 0.432. The zero-order valence-electron chi connectivity index (χ0n) is 10.4. The normalized spacial score (nSPS) is 14.7. The van der Waals surface area contributed by atoms with Gasteiger partial charge in [0.1, 0.15) is 5.76 Å². The quantitative estimate of drug-likeness (QED) is 0.792. The second kappa shape index (κ2) is 5.29. The van der Waals surface area contributed by atoms with Crippen molar-refractivity contribution < 1.29 is 5.11 Å². The Morgan fingerprint density at radius 1 is 0.895 bits per heavy atom. The van der Waals surface area contributed by atoms with Gasteiger partial charge in [0.2, 0.25) is 0 Å². The molecule has 19 heavy (non-hydrogen) atoms. The maximum Gasteiger partial charge on any atom is 0.115 e. The first-order valence-corrected chi connectivity index (χ1v) is 7.06. The van der Waals surface area contributed by atoms with E-state index in [4.69, 9.17) is 0 Å². The molecule has 94 valence electrons. The largest absolute Gasteiger partial charge is 0.508 e. The minimum Gasteiger partial charge on any atom is -0.508 e. The minimum absolute atomic E-state index is 0.315. The van der Waals surface area contributed by atoms with Gasteiger partial charge < -0.3 is 5.11 Å². The molecule has 0 saturated carbocycles. The van der Waals surface area contributed by atoms with Crippen LogP contribution >= 0.6 is 11.3 Å². The van der Waals surface area contributed by atoms with Gasteiger partial charge in [0.25, 0.3) is 0 Å². The van der Waals surface area contributed by atoms with Gasteiger partial charge >= 0.3 is 0 Å². The first kappa shape index (κ1) is 12.0. The average molecular weight is 266 g/mol. The van der Waals surface area contributed by atoms with E-state index in [1.54, 1.807) is 23.5 Å². The lowest BCUT2D eigenvalue weighted by Crippen LogP contribution is -1.75. The van der Waals surface area contributed by atoms with E-state index in [1.807, 2.05) is 18.2 Å². The molecule has 0 bridgehead atoms. The van der Waals surface area contributed by atoms with Crippen LogP contribution in [0.5, 0.6) is 0 Å². The molecule has 1 heterocycles. The molecule has 0 spiro atoms. The lowest BCUT2D eigenvalue weighted by Gasteiger charge is -1.99. The highest BCUT2D eigenvalue weighted by atomic mass is 32.1. The molecule has 0 unspecified atom stereocenters. The van der Waals surface area contributed by atoms with Crippen molar-refractivity contribution in [3.63, 3.8) is 0 Å². The van der Waals surface area contributed by atoms with Crippen LogP contribution in [-0.2, 0) is 0 Å². The molecule has 0 aliphatic heterocycles. The summed E-state index contributed by atoms with van der Waals surface area (Å²) < 4.78 is 0. The molecule has 1 nitrogen and oxygen atoms in total. The van der Waals surface area contributed by atoms with Crippen molar-refractivity contribution in [3.05, 3.63) is 77.4 Å². The monoisotopic (exact) mass is 266 g/mol. The lowest BCUT2D eigenvalue weighted by atomic mass is 10.1. The number of allylic oxidation sites excluding steroid dienone is 5. The fourth-order valence-corrected chi connectivity index (χ4v) is 3.11. The van der Waals surface area contributed by atoms with Crippen LogP contribution in [0.2, 0.25) is 0 Å². The second-order valence-corrected chi connectivity index (χ2v) is 5.50. The number of aliphatic hydroxyl groups is 1. The molecule has 2 aromatic rings. The van der Waals surface area contributed by atoms with E-state index < -0.39 is 0 Å². The molecular weight excluding hydrogens is 252 g/mol. The summed E-state index contributed by atoms with van der Waals surface area (Å²) >= 11 is 1.79. The van der Waals surface area contributed by atoms with Gasteiger partial charge in [-0.1, -0.05) is 42.5 Å². The van der Waals surface area contributed by atoms with Crippen LogP contribution in [0.1, 0.15) is 11.3 Å². The van der Waals surface area contributed by atoms with Gasteiger partial charge in [-0.15, -0.1) is 11.3 Å². The van der Waals surface area contributed by atoms with E-state index in [0.29, 0.717) is 5.76 Å². The van der Waals surface area contributed by atoms with E-state index in [0.717, 1.165) is 6.42 Å². The summed E-state index contributed by atoms with van der Waals surface area (Å²) in [4.78, 5) is 2.53. The Balaban J connectivity index is 1.92. The molecule has 0 fully saturated rings. The highest BCUT2D eigenvalue weighted by Crippen LogP contribution is 2.33. The Kier molecular flexibility index (Phi) is 3.34. The number of aliphatic hydroxyl groups excluding tert-OH is 1. The molecule has 1 aliphatic carbocycles. The molecule has 1 aliphatic rings. The van der Waals surface area contributed by atoms with Crippen molar-refractivity contribution in [1.29, 1.82) is 0 Å². The SMILES string of the molecule is OC1=CC=C(c2ccc(-c3ccccc3)s2)CC=C1. The van der Waals surface area contributed by atoms with Crippen LogP contribution in [-0.4, -0.2) is 5.11 Å². The minimum atomic E-state index is 0.315. The summed E-state index contributed by atoms with van der Waals surface area (Å²) in [5, 5.41) is 9.47. The predicted molar refractivity (Wildman–Crippen MR) is 82.2 cm³/mol. The highest BCUT2D eigenvalue weighted by molar-refractivity contribution is 7.16. The maximum absolute atomic E-state index is 9.47. The summed E-state index contributed by atoms with van der Waals surface area (Å²) in [6.45, 7) is 0. The molecule has 0 radical (unpaired) electrons. The second-order valence-electron chi connectivity index (χ2n) is 4.42. The first-order valence-electron chi connectivity index (χ1n) is 6.25. The third kappa shape index (κ3) is 2.69. The van der Waals surface area contributed by atoms with Crippen molar-refractivity contribution in [2.24, 2.45) is 0 Å². The van der Waals surface area contributed by atoms with Gasteiger partial charge in [-0.2, -0.15) is 0 Å². The molecule has 0 atom stereocenters.